The molecule has 1 amide bonds. The number of hydrogen-bond acceptors (Lipinski definition) is 3. The van der Waals surface area contributed by atoms with Gasteiger partial charge in [0.15, 0.2) is 0 Å². The summed E-state index contributed by atoms with van der Waals surface area (Å²) in [6.07, 6.45) is 1.38. The lowest BCUT2D eigenvalue weighted by molar-refractivity contribution is -0.134. The van der Waals surface area contributed by atoms with Gasteiger partial charge in [-0.2, -0.15) is 0 Å². The van der Waals surface area contributed by atoms with Crippen LogP contribution < -0.4 is 10.1 Å². The van der Waals surface area contributed by atoms with Gasteiger partial charge in [-0.15, -0.1) is 0 Å². The maximum atomic E-state index is 11.1. The Morgan fingerprint density at radius 3 is 2.62 bits per heavy atom. The van der Waals surface area contributed by atoms with Crippen molar-refractivity contribution in [1.29, 1.82) is 0 Å². The fraction of sp³-hybridized carbons (Fsp3) is 0.111. The highest BCUT2D eigenvalue weighted by atomic mass is 79.9. The lowest BCUT2D eigenvalue weighted by Crippen LogP contribution is -2.24. The van der Waals surface area contributed by atoms with Crippen LogP contribution in [0.4, 0.5) is 0 Å². The Hall–Kier alpha value is -2.60. The Kier molecular flexibility index (Phi) is 6.14. The number of carbonyl (C=O) groups excluding carboxylic acids is 1. The van der Waals surface area contributed by atoms with Crippen LogP contribution in [0.3, 0.4) is 0 Å². The molecule has 2 N–H and O–H groups in total. The van der Waals surface area contributed by atoms with Crippen molar-refractivity contribution in [3.63, 3.8) is 0 Å². The van der Waals surface area contributed by atoms with Gasteiger partial charge in [-0.25, -0.2) is 4.79 Å². The number of halogens is 1. The zero-order valence-electron chi connectivity index (χ0n) is 13.0. The Morgan fingerprint density at radius 1 is 1.21 bits per heavy atom. The van der Waals surface area contributed by atoms with Crippen LogP contribution in [0, 0.1) is 0 Å². The average molecular weight is 390 g/mol. The molecule has 0 aliphatic carbocycles. The minimum absolute atomic E-state index is 0.188. The van der Waals surface area contributed by atoms with Gasteiger partial charge in [0.05, 0.1) is 0 Å². The van der Waals surface area contributed by atoms with E-state index in [9.17, 15) is 9.59 Å². The van der Waals surface area contributed by atoms with Gasteiger partial charge < -0.3 is 15.2 Å². The van der Waals surface area contributed by atoms with E-state index in [-0.39, 0.29) is 5.70 Å². The molecule has 0 saturated carbocycles. The molecule has 0 atom stereocenters. The van der Waals surface area contributed by atoms with Crippen LogP contribution in [0.25, 0.3) is 6.08 Å². The zero-order valence-corrected chi connectivity index (χ0v) is 14.5. The first-order valence-corrected chi connectivity index (χ1v) is 7.93. The Bertz CT molecular complexity index is 786. The summed E-state index contributed by atoms with van der Waals surface area (Å²) in [5, 5.41) is 11.4. The first-order valence-electron chi connectivity index (χ1n) is 7.14. The molecule has 0 fully saturated rings. The highest BCUT2D eigenvalue weighted by molar-refractivity contribution is 9.10. The van der Waals surface area contributed by atoms with E-state index in [4.69, 9.17) is 9.84 Å². The molecule has 0 heterocycles. The molecule has 5 nitrogen and oxygen atoms in total. The molecule has 6 heteroatoms. The molecule has 24 heavy (non-hydrogen) atoms. The van der Waals surface area contributed by atoms with Crippen molar-refractivity contribution < 1.29 is 19.4 Å². The van der Waals surface area contributed by atoms with Crippen molar-refractivity contribution in [2.75, 3.05) is 0 Å². The van der Waals surface area contributed by atoms with Crippen LogP contribution in [-0.4, -0.2) is 17.0 Å². The fourth-order valence-electron chi connectivity index (χ4n) is 2.00. The number of rotatable bonds is 6. The average Bonchev–Trinajstić information content (AvgIpc) is 2.52. The van der Waals surface area contributed by atoms with Gasteiger partial charge in [0, 0.05) is 11.4 Å². The maximum Gasteiger partial charge on any atom is 0.352 e. The molecule has 0 unspecified atom stereocenters. The van der Waals surface area contributed by atoms with Gasteiger partial charge in [0.2, 0.25) is 5.91 Å². The molecule has 0 radical (unpaired) electrons. The van der Waals surface area contributed by atoms with Gasteiger partial charge in [-0.3, -0.25) is 4.79 Å². The lowest BCUT2D eigenvalue weighted by Gasteiger charge is -2.08. The second-order valence-corrected chi connectivity index (χ2v) is 5.95. The van der Waals surface area contributed by atoms with Crippen LogP contribution in [0.5, 0.6) is 5.75 Å². The van der Waals surface area contributed by atoms with Crippen molar-refractivity contribution in [3.8, 4) is 5.75 Å². The summed E-state index contributed by atoms with van der Waals surface area (Å²) in [6.45, 7) is 1.65. The predicted molar refractivity (Wildman–Crippen MR) is 94.3 cm³/mol. The first kappa shape index (κ1) is 17.7. The fourth-order valence-corrected chi connectivity index (χ4v) is 2.44. The Morgan fingerprint density at radius 2 is 1.96 bits per heavy atom. The number of carboxylic acids is 1. The first-order chi connectivity index (χ1) is 11.4. The van der Waals surface area contributed by atoms with Crippen molar-refractivity contribution in [3.05, 3.63) is 69.8 Å². The monoisotopic (exact) mass is 389 g/mol. The molecule has 0 aromatic heterocycles. The van der Waals surface area contributed by atoms with E-state index in [1.165, 1.54) is 13.0 Å². The van der Waals surface area contributed by atoms with Crippen LogP contribution in [-0.2, 0) is 16.2 Å². The number of amides is 1. The largest absolute Gasteiger partial charge is 0.489 e. The molecular formula is C18H16BrNO4. The van der Waals surface area contributed by atoms with E-state index in [0.29, 0.717) is 17.9 Å². The summed E-state index contributed by atoms with van der Waals surface area (Å²) >= 11 is 3.41. The standard InChI is InChI=1S/C18H16BrNO4/c1-12(21)20-17(18(22)23)10-13-4-3-7-16(9-13)24-11-14-5-2-6-15(19)8-14/h2-10H,11H2,1H3,(H,20,21)(H,22,23). The van der Waals surface area contributed by atoms with Crippen molar-refractivity contribution in [2.45, 2.75) is 13.5 Å². The van der Waals surface area contributed by atoms with E-state index in [1.54, 1.807) is 24.3 Å². The molecule has 2 aromatic rings. The quantitative estimate of drug-likeness (QED) is 0.740. The summed E-state index contributed by atoms with van der Waals surface area (Å²) in [5.74, 6) is -1.03. The number of nitrogens with one attached hydrogen (secondary N) is 1. The topological polar surface area (TPSA) is 75.6 Å². The summed E-state index contributed by atoms with van der Waals surface area (Å²) in [5.41, 5.74) is 1.44. The SMILES string of the molecule is CC(=O)NC(=Cc1cccc(OCc2cccc(Br)c2)c1)C(=O)O. The summed E-state index contributed by atoms with van der Waals surface area (Å²) in [4.78, 5) is 22.2. The minimum atomic E-state index is -1.20. The second-order valence-electron chi connectivity index (χ2n) is 5.04. The molecular weight excluding hydrogens is 374 g/mol. The van der Waals surface area contributed by atoms with E-state index < -0.39 is 11.9 Å². The third-order valence-electron chi connectivity index (χ3n) is 3.00. The van der Waals surface area contributed by atoms with Crippen LogP contribution in [0.2, 0.25) is 0 Å². The van der Waals surface area contributed by atoms with Crippen molar-refractivity contribution >= 4 is 33.9 Å². The summed E-state index contributed by atoms with van der Waals surface area (Å²) < 4.78 is 6.70. The van der Waals surface area contributed by atoms with Crippen molar-refractivity contribution in [1.82, 2.24) is 5.32 Å². The highest BCUT2D eigenvalue weighted by Crippen LogP contribution is 2.18. The molecule has 2 rings (SSSR count). The number of ether oxygens (including phenoxy) is 1. The molecule has 2 aromatic carbocycles. The van der Waals surface area contributed by atoms with Gasteiger partial charge in [-0.05, 0) is 41.5 Å². The third-order valence-corrected chi connectivity index (χ3v) is 3.50. The smallest absolute Gasteiger partial charge is 0.352 e. The third kappa shape index (κ3) is 5.55. The van der Waals surface area contributed by atoms with E-state index >= 15 is 0 Å². The Balaban J connectivity index is 2.13. The van der Waals surface area contributed by atoms with E-state index in [2.05, 4.69) is 21.2 Å². The normalized spacial score (nSPS) is 11.0. The van der Waals surface area contributed by atoms with Gasteiger partial charge >= 0.3 is 5.97 Å². The summed E-state index contributed by atoms with van der Waals surface area (Å²) in [7, 11) is 0. The van der Waals surface area contributed by atoms with Crippen LogP contribution in [0.1, 0.15) is 18.1 Å². The van der Waals surface area contributed by atoms with Crippen LogP contribution >= 0.6 is 15.9 Å². The Labute approximate surface area is 148 Å². The van der Waals surface area contributed by atoms with Gasteiger partial charge in [0.1, 0.15) is 18.1 Å². The summed E-state index contributed by atoms with van der Waals surface area (Å²) in [6, 6.07) is 14.8. The molecule has 0 saturated heterocycles. The van der Waals surface area contributed by atoms with E-state index in [1.807, 2.05) is 24.3 Å². The second kappa shape index (κ2) is 8.31. The molecule has 0 spiro atoms. The zero-order chi connectivity index (χ0) is 17.5. The number of carboxylic acid groups (broad SMARTS) is 1. The predicted octanol–water partition coefficient (Wildman–Crippen LogP) is 3.59. The van der Waals surface area contributed by atoms with E-state index in [0.717, 1.165) is 10.0 Å². The molecule has 0 bridgehead atoms. The van der Waals surface area contributed by atoms with Crippen molar-refractivity contribution in [2.24, 2.45) is 0 Å². The number of hydrogen-bond donors (Lipinski definition) is 2. The number of carbonyl (C=O) groups is 2. The highest BCUT2D eigenvalue weighted by Gasteiger charge is 2.09. The minimum Gasteiger partial charge on any atom is -0.489 e. The maximum absolute atomic E-state index is 11.1. The number of aliphatic carboxylic acids is 1. The molecule has 124 valence electrons. The van der Waals surface area contributed by atoms with Gasteiger partial charge in [-0.1, -0.05) is 40.2 Å². The number of benzene rings is 2. The molecule has 0 aliphatic rings. The van der Waals surface area contributed by atoms with Crippen LogP contribution in [0.15, 0.2) is 58.7 Å². The van der Waals surface area contributed by atoms with Gasteiger partial charge in [0.25, 0.3) is 0 Å². The molecule has 0 aliphatic heterocycles. The lowest BCUT2D eigenvalue weighted by atomic mass is 10.1.